The highest BCUT2D eigenvalue weighted by Gasteiger charge is 2.19. The van der Waals surface area contributed by atoms with E-state index in [0.717, 1.165) is 32.2 Å². The number of aryl methyl sites for hydroxylation is 2. The molecule has 2 N–H and O–H groups in total. The van der Waals surface area contributed by atoms with E-state index in [4.69, 9.17) is 0 Å². The number of carbonyl (C=O) groups excluding carboxylic acids is 1. The minimum Gasteiger partial charge on any atom is -0.353 e. The summed E-state index contributed by atoms with van der Waals surface area (Å²) in [5, 5.41) is 6.57. The lowest BCUT2D eigenvalue weighted by Crippen LogP contribution is -2.46. The van der Waals surface area contributed by atoms with Crippen LogP contribution >= 0.6 is 23.7 Å². The molecule has 0 aromatic carbocycles. The van der Waals surface area contributed by atoms with Crippen LogP contribution in [0.1, 0.15) is 42.4 Å². The van der Waals surface area contributed by atoms with Crippen LogP contribution in [0.25, 0.3) is 0 Å². The molecule has 0 saturated carbocycles. The summed E-state index contributed by atoms with van der Waals surface area (Å²) in [7, 11) is 0. The molecule has 1 amide bonds. The number of hydrogen-bond donors (Lipinski definition) is 2. The second-order valence-electron chi connectivity index (χ2n) is 5.51. The van der Waals surface area contributed by atoms with Crippen molar-refractivity contribution in [1.82, 2.24) is 10.6 Å². The van der Waals surface area contributed by atoms with E-state index in [1.54, 1.807) is 0 Å². The van der Waals surface area contributed by atoms with Crippen LogP contribution in [-0.2, 0) is 11.2 Å². The summed E-state index contributed by atoms with van der Waals surface area (Å²) in [4.78, 5) is 14.6. The summed E-state index contributed by atoms with van der Waals surface area (Å²) < 4.78 is 0. The molecule has 3 nitrogen and oxygen atoms in total. The quantitative estimate of drug-likeness (QED) is 0.876. The molecule has 2 rings (SSSR count). The number of nitrogens with one attached hydrogen (secondary N) is 2. The van der Waals surface area contributed by atoms with Gasteiger partial charge in [-0.25, -0.2) is 0 Å². The Morgan fingerprint density at radius 3 is 2.95 bits per heavy atom. The summed E-state index contributed by atoms with van der Waals surface area (Å²) in [6.07, 6.45) is 4.73. The van der Waals surface area contributed by atoms with Gasteiger partial charge in [0.25, 0.3) is 0 Å². The van der Waals surface area contributed by atoms with Gasteiger partial charge in [-0.05, 0) is 58.2 Å². The van der Waals surface area contributed by atoms with Crippen LogP contribution < -0.4 is 10.6 Å². The molecule has 1 saturated heterocycles. The van der Waals surface area contributed by atoms with Crippen LogP contribution in [0, 0.1) is 6.92 Å². The van der Waals surface area contributed by atoms with Crippen molar-refractivity contribution < 1.29 is 4.79 Å². The third kappa shape index (κ3) is 5.81. The zero-order valence-electron chi connectivity index (χ0n) is 12.3. The topological polar surface area (TPSA) is 41.1 Å². The largest absolute Gasteiger partial charge is 0.353 e. The van der Waals surface area contributed by atoms with Crippen LogP contribution in [0.5, 0.6) is 0 Å². The van der Waals surface area contributed by atoms with E-state index in [-0.39, 0.29) is 18.3 Å². The van der Waals surface area contributed by atoms with Crippen molar-refractivity contribution in [3.05, 3.63) is 21.9 Å². The monoisotopic (exact) mass is 316 g/mol. The number of halogens is 1. The average Bonchev–Trinajstić information content (AvgIpc) is 2.75. The fraction of sp³-hybridized carbons (Fsp3) is 0.667. The van der Waals surface area contributed by atoms with Crippen molar-refractivity contribution in [2.45, 2.75) is 58.0 Å². The predicted octanol–water partition coefficient (Wildman–Crippen LogP) is 3.06. The van der Waals surface area contributed by atoms with Crippen molar-refractivity contribution >= 4 is 29.7 Å². The fourth-order valence-electron chi connectivity index (χ4n) is 2.61. The van der Waals surface area contributed by atoms with Gasteiger partial charge in [-0.2, -0.15) is 0 Å². The minimum absolute atomic E-state index is 0. The molecule has 0 aliphatic carbocycles. The van der Waals surface area contributed by atoms with E-state index in [1.807, 2.05) is 11.3 Å². The van der Waals surface area contributed by atoms with Crippen molar-refractivity contribution in [3.63, 3.8) is 0 Å². The molecule has 1 aromatic rings. The highest BCUT2D eigenvalue weighted by Crippen LogP contribution is 2.17. The van der Waals surface area contributed by atoms with Gasteiger partial charge in [-0.15, -0.1) is 23.7 Å². The number of hydrogen-bond acceptors (Lipinski definition) is 3. The van der Waals surface area contributed by atoms with Crippen molar-refractivity contribution in [1.29, 1.82) is 0 Å². The van der Waals surface area contributed by atoms with Gasteiger partial charge in [0.15, 0.2) is 0 Å². The minimum atomic E-state index is 0. The lowest BCUT2D eigenvalue weighted by atomic mass is 10.0. The first-order chi connectivity index (χ1) is 9.13. The number of thiophene rings is 1. The highest BCUT2D eigenvalue weighted by molar-refractivity contribution is 7.11. The van der Waals surface area contributed by atoms with E-state index in [2.05, 4.69) is 36.6 Å². The maximum Gasteiger partial charge on any atom is 0.220 e. The van der Waals surface area contributed by atoms with Gasteiger partial charge in [0.2, 0.25) is 5.91 Å². The second-order valence-corrected chi connectivity index (χ2v) is 6.88. The Kier molecular flexibility index (Phi) is 7.56. The number of carbonyl (C=O) groups is 1. The van der Waals surface area contributed by atoms with Crippen LogP contribution in [0.2, 0.25) is 0 Å². The lowest BCUT2D eigenvalue weighted by molar-refractivity contribution is -0.122. The number of piperidine rings is 1. The summed E-state index contributed by atoms with van der Waals surface area (Å²) in [6, 6.07) is 5.21. The number of amides is 1. The smallest absolute Gasteiger partial charge is 0.220 e. The van der Waals surface area contributed by atoms with Gasteiger partial charge in [-0.3, -0.25) is 4.79 Å². The van der Waals surface area contributed by atoms with Crippen LogP contribution in [0.15, 0.2) is 12.1 Å². The molecule has 0 bridgehead atoms. The number of rotatable bonds is 5. The van der Waals surface area contributed by atoms with Crippen molar-refractivity contribution in [2.24, 2.45) is 0 Å². The molecule has 2 heterocycles. The van der Waals surface area contributed by atoms with E-state index >= 15 is 0 Å². The average molecular weight is 317 g/mol. The Morgan fingerprint density at radius 2 is 2.30 bits per heavy atom. The standard InChI is InChI=1S/C15H24N2OS.ClH/c1-11-10-13(8-9-16-11)17-15(18)5-3-4-14-7-6-12(2)19-14;/h6-7,11,13,16H,3-5,8-10H2,1-2H3,(H,17,18);1H. The summed E-state index contributed by atoms with van der Waals surface area (Å²) in [6.45, 7) is 5.32. The zero-order chi connectivity index (χ0) is 13.7. The Hall–Kier alpha value is -0.580. The molecule has 1 aromatic heterocycles. The molecule has 1 aliphatic rings. The van der Waals surface area contributed by atoms with Crippen molar-refractivity contribution in [3.8, 4) is 0 Å². The fourth-order valence-corrected chi connectivity index (χ4v) is 3.54. The van der Waals surface area contributed by atoms with E-state index in [1.165, 1.54) is 9.75 Å². The molecular weight excluding hydrogens is 292 g/mol. The molecule has 1 fully saturated rings. The molecule has 0 radical (unpaired) electrons. The Labute approximate surface area is 131 Å². The summed E-state index contributed by atoms with van der Waals surface area (Å²) in [5.41, 5.74) is 0. The first-order valence-electron chi connectivity index (χ1n) is 7.21. The van der Waals surface area contributed by atoms with Gasteiger partial charge >= 0.3 is 0 Å². The Bertz CT molecular complexity index is 422. The molecule has 114 valence electrons. The van der Waals surface area contributed by atoms with Gasteiger partial charge in [0.05, 0.1) is 0 Å². The van der Waals surface area contributed by atoms with Gasteiger partial charge in [0.1, 0.15) is 0 Å². The first kappa shape index (κ1) is 17.5. The molecular formula is C15H25ClN2OS. The Morgan fingerprint density at radius 1 is 1.50 bits per heavy atom. The lowest BCUT2D eigenvalue weighted by Gasteiger charge is -2.28. The molecule has 1 aliphatic heterocycles. The maximum atomic E-state index is 11.9. The third-order valence-corrected chi connectivity index (χ3v) is 4.67. The predicted molar refractivity (Wildman–Crippen MR) is 87.9 cm³/mol. The summed E-state index contributed by atoms with van der Waals surface area (Å²) in [5.74, 6) is 0.215. The highest BCUT2D eigenvalue weighted by atomic mass is 35.5. The molecule has 2 unspecified atom stereocenters. The van der Waals surface area contributed by atoms with E-state index in [9.17, 15) is 4.79 Å². The maximum absolute atomic E-state index is 11.9. The zero-order valence-corrected chi connectivity index (χ0v) is 13.9. The van der Waals surface area contributed by atoms with Gasteiger partial charge < -0.3 is 10.6 Å². The second kappa shape index (κ2) is 8.65. The summed E-state index contributed by atoms with van der Waals surface area (Å²) >= 11 is 1.84. The van der Waals surface area contributed by atoms with E-state index < -0.39 is 0 Å². The molecule has 5 heteroatoms. The van der Waals surface area contributed by atoms with Crippen LogP contribution in [-0.4, -0.2) is 24.5 Å². The van der Waals surface area contributed by atoms with Gasteiger partial charge in [-0.1, -0.05) is 0 Å². The first-order valence-corrected chi connectivity index (χ1v) is 8.03. The Balaban J connectivity index is 0.00000200. The SMILES string of the molecule is Cc1ccc(CCCC(=O)NC2CCNC(C)C2)s1.Cl. The van der Waals surface area contributed by atoms with Crippen LogP contribution in [0.3, 0.4) is 0 Å². The van der Waals surface area contributed by atoms with Crippen LogP contribution in [0.4, 0.5) is 0 Å². The van der Waals surface area contributed by atoms with Gasteiger partial charge in [0, 0.05) is 28.3 Å². The molecule has 2 atom stereocenters. The normalized spacial score (nSPS) is 22.1. The molecule has 0 spiro atoms. The third-order valence-electron chi connectivity index (χ3n) is 3.61. The van der Waals surface area contributed by atoms with E-state index in [0.29, 0.717) is 18.5 Å². The van der Waals surface area contributed by atoms with Crippen molar-refractivity contribution in [2.75, 3.05) is 6.54 Å². The molecule has 20 heavy (non-hydrogen) atoms.